The number of nitrogens with one attached hydrogen (secondary N) is 2. The van der Waals surface area contributed by atoms with Crippen molar-refractivity contribution < 1.29 is 8.42 Å². The molecular formula is C13H19Cl2N3O2S. The summed E-state index contributed by atoms with van der Waals surface area (Å²) in [5.74, 6) is 0. The van der Waals surface area contributed by atoms with Gasteiger partial charge in [0.05, 0.1) is 4.90 Å². The summed E-state index contributed by atoms with van der Waals surface area (Å²) in [7, 11) is -3.58. The maximum absolute atomic E-state index is 12.2. The first kappa shape index (κ1) is 17.0. The van der Waals surface area contributed by atoms with Crippen LogP contribution >= 0.6 is 23.2 Å². The highest BCUT2D eigenvalue weighted by atomic mass is 35.5. The van der Waals surface area contributed by atoms with Crippen LogP contribution in [0.2, 0.25) is 10.0 Å². The molecule has 2 rings (SSSR count). The van der Waals surface area contributed by atoms with Gasteiger partial charge in [-0.1, -0.05) is 23.2 Å². The van der Waals surface area contributed by atoms with Crippen LogP contribution in [0.1, 0.15) is 5.56 Å². The van der Waals surface area contributed by atoms with E-state index in [9.17, 15) is 8.42 Å². The van der Waals surface area contributed by atoms with Gasteiger partial charge in [-0.25, -0.2) is 13.1 Å². The van der Waals surface area contributed by atoms with E-state index in [4.69, 9.17) is 23.2 Å². The van der Waals surface area contributed by atoms with Gasteiger partial charge in [0.25, 0.3) is 0 Å². The van der Waals surface area contributed by atoms with E-state index in [0.29, 0.717) is 28.7 Å². The van der Waals surface area contributed by atoms with Crippen LogP contribution in [0.3, 0.4) is 0 Å². The van der Waals surface area contributed by atoms with Crippen molar-refractivity contribution in [2.45, 2.75) is 11.8 Å². The van der Waals surface area contributed by atoms with Gasteiger partial charge in [0.15, 0.2) is 0 Å². The largest absolute Gasteiger partial charge is 0.314 e. The first-order valence-electron chi connectivity index (χ1n) is 6.78. The van der Waals surface area contributed by atoms with Crippen LogP contribution < -0.4 is 10.0 Å². The Kier molecular flexibility index (Phi) is 5.88. The lowest BCUT2D eigenvalue weighted by molar-refractivity contribution is 0.245. The van der Waals surface area contributed by atoms with Gasteiger partial charge in [-0.3, -0.25) is 4.90 Å². The zero-order valence-electron chi connectivity index (χ0n) is 11.8. The molecule has 0 radical (unpaired) electrons. The van der Waals surface area contributed by atoms with Crippen molar-refractivity contribution in [3.05, 3.63) is 27.7 Å². The average molecular weight is 352 g/mol. The minimum atomic E-state index is -3.58. The van der Waals surface area contributed by atoms with Crippen LogP contribution in [-0.2, 0) is 10.0 Å². The predicted molar refractivity (Wildman–Crippen MR) is 85.7 cm³/mol. The third kappa shape index (κ3) is 4.55. The lowest BCUT2D eigenvalue weighted by Gasteiger charge is -2.27. The fraction of sp³-hybridized carbons (Fsp3) is 0.538. The van der Waals surface area contributed by atoms with Crippen LogP contribution in [-0.4, -0.2) is 52.6 Å². The number of benzene rings is 1. The molecule has 0 atom stereocenters. The van der Waals surface area contributed by atoms with Gasteiger partial charge in [0.2, 0.25) is 10.0 Å². The van der Waals surface area contributed by atoms with Gasteiger partial charge >= 0.3 is 0 Å². The molecule has 0 aliphatic carbocycles. The molecule has 21 heavy (non-hydrogen) atoms. The van der Waals surface area contributed by atoms with E-state index >= 15 is 0 Å². The second-order valence-corrected chi connectivity index (χ2v) is 7.58. The smallest absolute Gasteiger partial charge is 0.240 e. The Labute approximate surface area is 135 Å². The quantitative estimate of drug-likeness (QED) is 0.843. The lowest BCUT2D eigenvalue weighted by atomic mass is 10.2. The molecule has 5 nitrogen and oxygen atoms in total. The Morgan fingerprint density at radius 2 is 1.81 bits per heavy atom. The molecule has 0 bridgehead atoms. The van der Waals surface area contributed by atoms with Crippen molar-refractivity contribution in [1.29, 1.82) is 0 Å². The van der Waals surface area contributed by atoms with Crippen LogP contribution in [0.15, 0.2) is 17.0 Å². The molecule has 0 unspecified atom stereocenters. The summed E-state index contributed by atoms with van der Waals surface area (Å²) in [5, 5.41) is 3.96. The molecule has 2 N–H and O–H groups in total. The number of sulfonamides is 1. The molecule has 0 amide bonds. The number of piperazine rings is 1. The normalized spacial score (nSPS) is 17.1. The van der Waals surface area contributed by atoms with Crippen LogP contribution in [0.5, 0.6) is 0 Å². The minimum Gasteiger partial charge on any atom is -0.314 e. The number of hydrogen-bond donors (Lipinski definition) is 2. The van der Waals surface area contributed by atoms with Gasteiger partial charge in [0, 0.05) is 49.3 Å². The Bertz CT molecular complexity index is 578. The summed E-state index contributed by atoms with van der Waals surface area (Å²) in [6.07, 6.45) is 0. The number of nitrogens with zero attached hydrogens (tertiary/aromatic N) is 1. The van der Waals surface area contributed by atoms with Crippen molar-refractivity contribution in [2.24, 2.45) is 0 Å². The maximum Gasteiger partial charge on any atom is 0.240 e. The average Bonchev–Trinajstić information content (AvgIpc) is 2.45. The van der Waals surface area contributed by atoms with E-state index in [0.717, 1.165) is 26.2 Å². The molecule has 0 aromatic heterocycles. The van der Waals surface area contributed by atoms with Gasteiger partial charge in [-0.15, -0.1) is 0 Å². The molecule has 1 saturated heterocycles. The topological polar surface area (TPSA) is 61.4 Å². The standard InChI is InChI=1S/C13H19Cl2N3O2S/c1-10-12(14)8-11(9-13(10)15)21(19,20)17-4-7-18-5-2-16-3-6-18/h8-9,16-17H,2-7H2,1H3. The van der Waals surface area contributed by atoms with Crippen LogP contribution in [0, 0.1) is 6.92 Å². The molecular weight excluding hydrogens is 333 g/mol. The SMILES string of the molecule is Cc1c(Cl)cc(S(=O)(=O)NCCN2CCNCC2)cc1Cl. The minimum absolute atomic E-state index is 0.100. The Morgan fingerprint density at radius 3 is 2.38 bits per heavy atom. The lowest BCUT2D eigenvalue weighted by Crippen LogP contribution is -2.46. The fourth-order valence-electron chi connectivity index (χ4n) is 2.13. The molecule has 1 aliphatic heterocycles. The van der Waals surface area contributed by atoms with Crippen molar-refractivity contribution in [2.75, 3.05) is 39.3 Å². The summed E-state index contributed by atoms with van der Waals surface area (Å²) in [4.78, 5) is 2.32. The molecule has 1 aromatic rings. The second kappa shape index (κ2) is 7.26. The highest BCUT2D eigenvalue weighted by Crippen LogP contribution is 2.27. The summed E-state index contributed by atoms with van der Waals surface area (Å²) < 4.78 is 27.1. The van der Waals surface area contributed by atoms with E-state index in [1.165, 1.54) is 12.1 Å². The first-order valence-corrected chi connectivity index (χ1v) is 9.02. The van der Waals surface area contributed by atoms with Crippen molar-refractivity contribution in [1.82, 2.24) is 14.9 Å². The van der Waals surface area contributed by atoms with E-state index < -0.39 is 10.0 Å². The fourth-order valence-corrected chi connectivity index (χ4v) is 3.82. The van der Waals surface area contributed by atoms with Gasteiger partial charge in [0.1, 0.15) is 0 Å². The molecule has 1 fully saturated rings. The number of halogens is 2. The van der Waals surface area contributed by atoms with E-state index in [-0.39, 0.29) is 4.90 Å². The van der Waals surface area contributed by atoms with Gasteiger partial charge in [-0.05, 0) is 24.6 Å². The van der Waals surface area contributed by atoms with Crippen molar-refractivity contribution in [3.63, 3.8) is 0 Å². The summed E-state index contributed by atoms with van der Waals surface area (Å²) in [6, 6.07) is 2.85. The Morgan fingerprint density at radius 1 is 1.24 bits per heavy atom. The third-order valence-corrected chi connectivity index (χ3v) is 5.72. The van der Waals surface area contributed by atoms with Crippen LogP contribution in [0.4, 0.5) is 0 Å². The zero-order valence-corrected chi connectivity index (χ0v) is 14.2. The maximum atomic E-state index is 12.2. The molecule has 0 saturated carbocycles. The number of hydrogen-bond acceptors (Lipinski definition) is 4. The first-order chi connectivity index (χ1) is 9.90. The van der Waals surface area contributed by atoms with Crippen LogP contribution in [0.25, 0.3) is 0 Å². The molecule has 118 valence electrons. The van der Waals surface area contributed by atoms with E-state index in [1.54, 1.807) is 6.92 Å². The monoisotopic (exact) mass is 351 g/mol. The summed E-state index contributed by atoms with van der Waals surface area (Å²) >= 11 is 12.0. The molecule has 1 heterocycles. The summed E-state index contributed by atoms with van der Waals surface area (Å²) in [5.41, 5.74) is 0.679. The third-order valence-electron chi connectivity index (χ3n) is 3.49. The van der Waals surface area contributed by atoms with Crippen molar-refractivity contribution >= 4 is 33.2 Å². The molecule has 1 aromatic carbocycles. The van der Waals surface area contributed by atoms with Gasteiger partial charge < -0.3 is 5.32 Å². The second-order valence-electron chi connectivity index (χ2n) is 5.00. The molecule has 1 aliphatic rings. The van der Waals surface area contributed by atoms with E-state index in [2.05, 4.69) is 14.9 Å². The Hall–Kier alpha value is -0.370. The predicted octanol–water partition coefficient (Wildman–Crippen LogP) is 1.49. The van der Waals surface area contributed by atoms with E-state index in [1.807, 2.05) is 0 Å². The highest BCUT2D eigenvalue weighted by molar-refractivity contribution is 7.89. The Balaban J connectivity index is 1.98. The van der Waals surface area contributed by atoms with Crippen molar-refractivity contribution in [3.8, 4) is 0 Å². The number of rotatable bonds is 5. The van der Waals surface area contributed by atoms with Gasteiger partial charge in [-0.2, -0.15) is 0 Å². The molecule has 0 spiro atoms. The highest BCUT2D eigenvalue weighted by Gasteiger charge is 2.17. The zero-order chi connectivity index (χ0) is 15.5. The molecule has 8 heteroatoms. The summed E-state index contributed by atoms with van der Waals surface area (Å²) in [6.45, 7) is 6.55.